The average Bonchev–Trinajstić information content (AvgIpc) is 2.16. The zero-order chi connectivity index (χ0) is 9.26. The summed E-state index contributed by atoms with van der Waals surface area (Å²) in [6, 6.07) is 6.26. The molecule has 0 N–H and O–H groups in total. The highest BCUT2D eigenvalue weighted by Crippen LogP contribution is 2.34. The van der Waals surface area contributed by atoms with Gasteiger partial charge in [0.15, 0.2) is 0 Å². The lowest BCUT2D eigenvalue weighted by Gasteiger charge is -2.24. The van der Waals surface area contributed by atoms with E-state index in [0.717, 1.165) is 18.8 Å². The van der Waals surface area contributed by atoms with Crippen LogP contribution in [-0.4, -0.2) is 13.7 Å². The van der Waals surface area contributed by atoms with E-state index in [0.29, 0.717) is 0 Å². The molecule has 2 nitrogen and oxygen atoms in total. The number of rotatable bonds is 1. The van der Waals surface area contributed by atoms with E-state index >= 15 is 0 Å². The quantitative estimate of drug-likeness (QED) is 0.657. The first-order valence-corrected chi connectivity index (χ1v) is 4.57. The second-order valence-electron chi connectivity index (χ2n) is 3.40. The Hall–Kier alpha value is -1.02. The molecule has 0 spiro atoms. The first-order valence-electron chi connectivity index (χ1n) is 4.57. The minimum absolute atomic E-state index is 0.212. The van der Waals surface area contributed by atoms with E-state index in [2.05, 4.69) is 25.1 Å². The van der Waals surface area contributed by atoms with Gasteiger partial charge in [-0.2, -0.15) is 0 Å². The first-order chi connectivity index (χ1) is 6.31. The zero-order valence-corrected chi connectivity index (χ0v) is 8.04. The van der Waals surface area contributed by atoms with Crippen molar-refractivity contribution in [3.63, 3.8) is 0 Å². The summed E-state index contributed by atoms with van der Waals surface area (Å²) in [6.07, 6.45) is 1.16. The van der Waals surface area contributed by atoms with Crippen LogP contribution in [0, 0.1) is 6.92 Å². The highest BCUT2D eigenvalue weighted by Gasteiger charge is 2.20. The summed E-state index contributed by atoms with van der Waals surface area (Å²) in [5.74, 6) is 0.984. The van der Waals surface area contributed by atoms with Gasteiger partial charge in [0.2, 0.25) is 0 Å². The third-order valence-corrected chi connectivity index (χ3v) is 2.44. The van der Waals surface area contributed by atoms with E-state index in [1.807, 2.05) is 0 Å². The summed E-state index contributed by atoms with van der Waals surface area (Å²) in [7, 11) is 1.75. The molecule has 0 fully saturated rings. The largest absolute Gasteiger partial charge is 0.493 e. The van der Waals surface area contributed by atoms with E-state index in [1.54, 1.807) is 7.11 Å². The molecule has 2 heteroatoms. The molecule has 13 heavy (non-hydrogen) atoms. The normalized spacial score (nSPS) is 20.6. The van der Waals surface area contributed by atoms with Crippen molar-refractivity contribution in [3.05, 3.63) is 29.3 Å². The molecule has 0 aliphatic carbocycles. The maximum atomic E-state index is 5.56. The molecule has 70 valence electrons. The van der Waals surface area contributed by atoms with Gasteiger partial charge < -0.3 is 9.47 Å². The molecule has 0 saturated heterocycles. The second-order valence-corrected chi connectivity index (χ2v) is 3.40. The van der Waals surface area contributed by atoms with Crippen molar-refractivity contribution < 1.29 is 9.47 Å². The van der Waals surface area contributed by atoms with Gasteiger partial charge in [-0.3, -0.25) is 0 Å². The van der Waals surface area contributed by atoms with Gasteiger partial charge in [-0.05, 0) is 18.6 Å². The number of hydrogen-bond donors (Lipinski definition) is 0. The highest BCUT2D eigenvalue weighted by atomic mass is 16.5. The lowest BCUT2D eigenvalue weighted by molar-refractivity contribution is 0.0636. The Labute approximate surface area is 78.5 Å². The van der Waals surface area contributed by atoms with E-state index in [1.165, 1.54) is 11.1 Å². The van der Waals surface area contributed by atoms with Crippen LogP contribution in [0.1, 0.15) is 23.7 Å². The Balaban J connectivity index is 2.40. The third kappa shape index (κ3) is 1.54. The SMILES string of the molecule is COC1CCOc2cc(C)ccc21. The number of ether oxygens (including phenoxy) is 2. The Morgan fingerprint density at radius 1 is 1.46 bits per heavy atom. The van der Waals surface area contributed by atoms with Gasteiger partial charge in [-0.1, -0.05) is 12.1 Å². The van der Waals surface area contributed by atoms with Crippen LogP contribution in [0.4, 0.5) is 0 Å². The van der Waals surface area contributed by atoms with Crippen LogP contribution >= 0.6 is 0 Å². The fraction of sp³-hybridized carbons (Fsp3) is 0.455. The lowest BCUT2D eigenvalue weighted by Crippen LogP contribution is -2.15. The third-order valence-electron chi connectivity index (χ3n) is 2.44. The van der Waals surface area contributed by atoms with Gasteiger partial charge in [-0.25, -0.2) is 0 Å². The monoisotopic (exact) mass is 178 g/mol. The number of benzene rings is 1. The predicted octanol–water partition coefficient (Wildman–Crippen LogP) is 2.47. The van der Waals surface area contributed by atoms with Crippen LogP contribution in [0.5, 0.6) is 5.75 Å². The molecule has 0 radical (unpaired) electrons. The lowest BCUT2D eigenvalue weighted by atomic mass is 10.0. The Morgan fingerprint density at radius 3 is 3.08 bits per heavy atom. The smallest absolute Gasteiger partial charge is 0.125 e. The van der Waals surface area contributed by atoms with Gasteiger partial charge in [0, 0.05) is 19.1 Å². The first kappa shape index (κ1) is 8.57. The molecule has 1 unspecified atom stereocenters. The van der Waals surface area contributed by atoms with Crippen LogP contribution in [0.15, 0.2) is 18.2 Å². The number of fused-ring (bicyclic) bond motifs is 1. The molecule has 0 bridgehead atoms. The Morgan fingerprint density at radius 2 is 2.31 bits per heavy atom. The summed E-state index contributed by atoms with van der Waals surface area (Å²) in [4.78, 5) is 0. The van der Waals surface area contributed by atoms with Crippen LogP contribution in [0.2, 0.25) is 0 Å². The van der Waals surface area contributed by atoms with Crippen molar-refractivity contribution in [1.29, 1.82) is 0 Å². The average molecular weight is 178 g/mol. The fourth-order valence-corrected chi connectivity index (χ4v) is 1.71. The van der Waals surface area contributed by atoms with E-state index in [-0.39, 0.29) is 6.10 Å². The molecule has 2 rings (SSSR count). The van der Waals surface area contributed by atoms with Crippen molar-refractivity contribution in [3.8, 4) is 5.75 Å². The van der Waals surface area contributed by atoms with E-state index in [4.69, 9.17) is 9.47 Å². The molecule has 0 saturated carbocycles. The molecule has 1 atom stereocenters. The molecule has 1 aromatic carbocycles. The second kappa shape index (κ2) is 3.38. The number of aryl methyl sites for hydroxylation is 1. The van der Waals surface area contributed by atoms with E-state index < -0.39 is 0 Å². The standard InChI is InChI=1S/C11H14O2/c1-8-3-4-9-10(12-2)5-6-13-11(9)7-8/h3-4,7,10H,5-6H2,1-2H3. The Kier molecular flexibility index (Phi) is 2.23. The minimum Gasteiger partial charge on any atom is -0.493 e. The van der Waals surface area contributed by atoms with Crippen molar-refractivity contribution in [2.24, 2.45) is 0 Å². The predicted molar refractivity (Wildman–Crippen MR) is 51.0 cm³/mol. The van der Waals surface area contributed by atoms with Gasteiger partial charge in [0.1, 0.15) is 5.75 Å². The van der Waals surface area contributed by atoms with Gasteiger partial charge in [0.25, 0.3) is 0 Å². The number of hydrogen-bond acceptors (Lipinski definition) is 2. The van der Waals surface area contributed by atoms with Crippen molar-refractivity contribution in [1.82, 2.24) is 0 Å². The summed E-state index contributed by atoms with van der Waals surface area (Å²) in [6.45, 7) is 2.83. The molecule has 0 amide bonds. The minimum atomic E-state index is 0.212. The number of methoxy groups -OCH3 is 1. The van der Waals surface area contributed by atoms with E-state index in [9.17, 15) is 0 Å². The van der Waals surface area contributed by atoms with Crippen LogP contribution < -0.4 is 4.74 Å². The van der Waals surface area contributed by atoms with Crippen molar-refractivity contribution in [2.45, 2.75) is 19.4 Å². The molecular weight excluding hydrogens is 164 g/mol. The summed E-state index contributed by atoms with van der Waals surface area (Å²) < 4.78 is 10.9. The maximum absolute atomic E-state index is 5.56. The summed E-state index contributed by atoms with van der Waals surface area (Å²) in [5.41, 5.74) is 2.41. The van der Waals surface area contributed by atoms with Crippen LogP contribution in [0.3, 0.4) is 0 Å². The van der Waals surface area contributed by atoms with Crippen LogP contribution in [0.25, 0.3) is 0 Å². The maximum Gasteiger partial charge on any atom is 0.125 e. The molecule has 1 aliphatic rings. The molecule has 1 heterocycles. The van der Waals surface area contributed by atoms with Gasteiger partial charge in [0.05, 0.1) is 12.7 Å². The van der Waals surface area contributed by atoms with Gasteiger partial charge in [-0.15, -0.1) is 0 Å². The van der Waals surface area contributed by atoms with Crippen molar-refractivity contribution in [2.75, 3.05) is 13.7 Å². The molecule has 0 aromatic heterocycles. The van der Waals surface area contributed by atoms with Crippen LogP contribution in [-0.2, 0) is 4.74 Å². The molecule has 1 aliphatic heterocycles. The zero-order valence-electron chi connectivity index (χ0n) is 8.04. The summed E-state index contributed by atoms with van der Waals surface area (Å²) in [5, 5.41) is 0. The molecule has 1 aromatic rings. The van der Waals surface area contributed by atoms with Crippen molar-refractivity contribution >= 4 is 0 Å². The fourth-order valence-electron chi connectivity index (χ4n) is 1.71. The molecular formula is C11H14O2. The summed E-state index contributed by atoms with van der Waals surface area (Å²) >= 11 is 0. The Bertz CT molecular complexity index is 307. The topological polar surface area (TPSA) is 18.5 Å². The highest BCUT2D eigenvalue weighted by molar-refractivity contribution is 5.39. The van der Waals surface area contributed by atoms with Gasteiger partial charge >= 0.3 is 0 Å².